The summed E-state index contributed by atoms with van der Waals surface area (Å²) in [7, 11) is 0. The van der Waals surface area contributed by atoms with Crippen molar-refractivity contribution in [2.24, 2.45) is 0 Å². The van der Waals surface area contributed by atoms with E-state index in [1.54, 1.807) is 6.08 Å². The summed E-state index contributed by atoms with van der Waals surface area (Å²) in [5.74, 6) is -0.234. The lowest BCUT2D eigenvalue weighted by Crippen LogP contribution is -2.15. The monoisotopic (exact) mass is 188 g/mol. The van der Waals surface area contributed by atoms with E-state index in [0.29, 0.717) is 0 Å². The van der Waals surface area contributed by atoms with E-state index in [1.807, 2.05) is 37.3 Å². The Morgan fingerprint density at radius 1 is 1.29 bits per heavy atom. The first-order valence-electron chi connectivity index (χ1n) is 4.68. The molecule has 1 atom stereocenters. The van der Waals surface area contributed by atoms with E-state index in [9.17, 15) is 4.79 Å². The van der Waals surface area contributed by atoms with Crippen LogP contribution < -0.4 is 0 Å². The average Bonchev–Trinajstić information content (AvgIpc) is 2.18. The second kappa shape index (κ2) is 3.66. The third-order valence-electron chi connectivity index (χ3n) is 2.30. The Morgan fingerprint density at radius 2 is 2.00 bits per heavy atom. The molecule has 0 amide bonds. The zero-order valence-electron chi connectivity index (χ0n) is 8.07. The molecule has 0 saturated carbocycles. The normalized spacial score (nSPS) is 21.4. The number of hydrogen-bond acceptors (Lipinski definition) is 2. The number of rotatable bonds is 1. The van der Waals surface area contributed by atoms with Crippen molar-refractivity contribution in [3.8, 4) is 0 Å². The van der Waals surface area contributed by atoms with Gasteiger partial charge in [0.05, 0.1) is 0 Å². The van der Waals surface area contributed by atoms with Crippen LogP contribution in [0.3, 0.4) is 0 Å². The minimum absolute atomic E-state index is 0.103. The van der Waals surface area contributed by atoms with Gasteiger partial charge in [0.1, 0.15) is 6.10 Å². The maximum Gasteiger partial charge on any atom is 0.331 e. The Morgan fingerprint density at radius 3 is 2.64 bits per heavy atom. The molecule has 2 rings (SSSR count). The van der Waals surface area contributed by atoms with Crippen molar-refractivity contribution in [1.82, 2.24) is 0 Å². The maximum absolute atomic E-state index is 11.2. The number of benzene rings is 1. The molecule has 0 aromatic heterocycles. The number of carbonyl (C=O) groups is 1. The minimum atomic E-state index is -0.234. The lowest BCUT2D eigenvalue weighted by Gasteiger charge is -2.21. The highest BCUT2D eigenvalue weighted by Gasteiger charge is 2.20. The molecule has 72 valence electrons. The van der Waals surface area contributed by atoms with Crippen LogP contribution in [0.5, 0.6) is 0 Å². The number of esters is 1. The lowest BCUT2D eigenvalue weighted by molar-refractivity contribution is -0.144. The van der Waals surface area contributed by atoms with E-state index in [4.69, 9.17) is 4.74 Å². The van der Waals surface area contributed by atoms with Gasteiger partial charge in [-0.3, -0.25) is 0 Å². The molecular weight excluding hydrogens is 176 g/mol. The van der Waals surface area contributed by atoms with Gasteiger partial charge in [0.15, 0.2) is 0 Å². The number of cyclic esters (lactones) is 1. The van der Waals surface area contributed by atoms with Crippen molar-refractivity contribution < 1.29 is 9.53 Å². The van der Waals surface area contributed by atoms with E-state index in [2.05, 4.69) is 0 Å². The van der Waals surface area contributed by atoms with Gasteiger partial charge in [-0.15, -0.1) is 0 Å². The second-order valence-corrected chi connectivity index (χ2v) is 3.53. The summed E-state index contributed by atoms with van der Waals surface area (Å²) in [6.07, 6.45) is 2.25. The van der Waals surface area contributed by atoms with Gasteiger partial charge in [0, 0.05) is 12.5 Å². The molecule has 14 heavy (non-hydrogen) atoms. The Balaban J connectivity index is 2.22. The molecule has 1 aromatic carbocycles. The zero-order valence-corrected chi connectivity index (χ0v) is 8.07. The largest absolute Gasteiger partial charge is 0.454 e. The van der Waals surface area contributed by atoms with E-state index in [0.717, 1.165) is 17.6 Å². The SMILES string of the molecule is CC1=CC(=O)O[C@H](c2ccccc2)C1. The molecule has 0 unspecified atom stereocenters. The molecule has 0 radical (unpaired) electrons. The second-order valence-electron chi connectivity index (χ2n) is 3.53. The summed E-state index contributed by atoms with van der Waals surface area (Å²) in [5, 5.41) is 0. The molecule has 1 aliphatic heterocycles. The van der Waals surface area contributed by atoms with E-state index >= 15 is 0 Å². The average molecular weight is 188 g/mol. The molecule has 0 saturated heterocycles. The molecular formula is C12H12O2. The predicted molar refractivity (Wildman–Crippen MR) is 53.6 cm³/mol. The van der Waals surface area contributed by atoms with Gasteiger partial charge in [-0.1, -0.05) is 35.9 Å². The molecule has 0 bridgehead atoms. The quantitative estimate of drug-likeness (QED) is 0.633. The summed E-state index contributed by atoms with van der Waals surface area (Å²) >= 11 is 0. The van der Waals surface area contributed by atoms with Crippen LogP contribution >= 0.6 is 0 Å². The minimum Gasteiger partial charge on any atom is -0.454 e. The van der Waals surface area contributed by atoms with Crippen LogP contribution in [0, 0.1) is 0 Å². The number of hydrogen-bond donors (Lipinski definition) is 0. The van der Waals surface area contributed by atoms with E-state index in [1.165, 1.54) is 0 Å². The summed E-state index contributed by atoms with van der Waals surface area (Å²) in [6.45, 7) is 1.95. The summed E-state index contributed by atoms with van der Waals surface area (Å²) in [4.78, 5) is 11.2. The number of ether oxygens (including phenoxy) is 1. The molecule has 0 fully saturated rings. The van der Waals surface area contributed by atoms with Crippen molar-refractivity contribution in [2.45, 2.75) is 19.4 Å². The summed E-state index contributed by atoms with van der Waals surface area (Å²) in [5.41, 5.74) is 2.14. The zero-order chi connectivity index (χ0) is 9.97. The Bertz CT molecular complexity index is 365. The van der Waals surface area contributed by atoms with Crippen molar-refractivity contribution >= 4 is 5.97 Å². The smallest absolute Gasteiger partial charge is 0.331 e. The van der Waals surface area contributed by atoms with Gasteiger partial charge in [0.25, 0.3) is 0 Å². The van der Waals surface area contributed by atoms with Crippen molar-refractivity contribution in [2.75, 3.05) is 0 Å². The highest BCUT2D eigenvalue weighted by atomic mass is 16.5. The van der Waals surface area contributed by atoms with Gasteiger partial charge < -0.3 is 4.74 Å². The molecule has 1 aromatic rings. The van der Waals surface area contributed by atoms with Crippen LogP contribution in [0.15, 0.2) is 42.0 Å². The Labute approximate surface area is 83.2 Å². The van der Waals surface area contributed by atoms with E-state index in [-0.39, 0.29) is 12.1 Å². The van der Waals surface area contributed by atoms with Crippen LogP contribution in [0.25, 0.3) is 0 Å². The summed E-state index contributed by atoms with van der Waals surface area (Å²) in [6, 6.07) is 9.83. The van der Waals surface area contributed by atoms with Gasteiger partial charge in [-0.25, -0.2) is 4.79 Å². The van der Waals surface area contributed by atoms with Crippen LogP contribution in [0.2, 0.25) is 0 Å². The van der Waals surface area contributed by atoms with Crippen molar-refractivity contribution in [3.05, 3.63) is 47.5 Å². The predicted octanol–water partition coefficient (Wildman–Crippen LogP) is 2.62. The first-order valence-corrected chi connectivity index (χ1v) is 4.68. The van der Waals surface area contributed by atoms with Gasteiger partial charge >= 0.3 is 5.97 Å². The first kappa shape index (κ1) is 9.00. The standard InChI is InChI=1S/C12H12O2/c1-9-7-11(14-12(13)8-9)10-5-3-2-4-6-10/h2-6,8,11H,7H2,1H3/t11-/m0/s1. The third kappa shape index (κ3) is 1.84. The highest BCUT2D eigenvalue weighted by molar-refractivity contribution is 5.83. The molecule has 1 heterocycles. The molecule has 1 aliphatic rings. The van der Waals surface area contributed by atoms with Gasteiger partial charge in [-0.05, 0) is 12.5 Å². The fraction of sp³-hybridized carbons (Fsp3) is 0.250. The Hall–Kier alpha value is -1.57. The van der Waals surface area contributed by atoms with Crippen molar-refractivity contribution in [1.29, 1.82) is 0 Å². The summed E-state index contributed by atoms with van der Waals surface area (Å²) < 4.78 is 5.23. The van der Waals surface area contributed by atoms with E-state index < -0.39 is 0 Å². The highest BCUT2D eigenvalue weighted by Crippen LogP contribution is 2.28. The maximum atomic E-state index is 11.2. The van der Waals surface area contributed by atoms with Gasteiger partial charge in [-0.2, -0.15) is 0 Å². The van der Waals surface area contributed by atoms with Gasteiger partial charge in [0.2, 0.25) is 0 Å². The van der Waals surface area contributed by atoms with Crippen LogP contribution in [0.1, 0.15) is 25.0 Å². The van der Waals surface area contributed by atoms with Crippen LogP contribution in [-0.2, 0) is 9.53 Å². The molecule has 2 nitrogen and oxygen atoms in total. The molecule has 0 N–H and O–H groups in total. The van der Waals surface area contributed by atoms with Crippen molar-refractivity contribution in [3.63, 3.8) is 0 Å². The third-order valence-corrected chi connectivity index (χ3v) is 2.30. The Kier molecular flexibility index (Phi) is 2.35. The van der Waals surface area contributed by atoms with Crippen LogP contribution in [-0.4, -0.2) is 5.97 Å². The fourth-order valence-electron chi connectivity index (χ4n) is 1.62. The lowest BCUT2D eigenvalue weighted by atomic mass is 10.0. The molecule has 0 spiro atoms. The van der Waals surface area contributed by atoms with Crippen LogP contribution in [0.4, 0.5) is 0 Å². The topological polar surface area (TPSA) is 26.3 Å². The molecule has 2 heteroatoms. The fourth-order valence-corrected chi connectivity index (χ4v) is 1.62. The number of carbonyl (C=O) groups excluding carboxylic acids is 1. The molecule has 0 aliphatic carbocycles. The first-order chi connectivity index (χ1) is 6.75.